The lowest BCUT2D eigenvalue weighted by Gasteiger charge is -2.37. The first kappa shape index (κ1) is 18.7. The van der Waals surface area contributed by atoms with Crippen molar-refractivity contribution in [1.29, 1.82) is 0 Å². The third kappa shape index (κ3) is 5.72. The molecular formula is C12H24F3N3O2S. The van der Waals surface area contributed by atoms with Crippen LogP contribution in [0.1, 0.15) is 33.1 Å². The van der Waals surface area contributed by atoms with Gasteiger partial charge in [0.1, 0.15) is 6.54 Å². The van der Waals surface area contributed by atoms with Crippen LogP contribution < -0.4 is 5.32 Å². The lowest BCUT2D eigenvalue weighted by Crippen LogP contribution is -2.54. The van der Waals surface area contributed by atoms with E-state index in [9.17, 15) is 21.6 Å². The van der Waals surface area contributed by atoms with Gasteiger partial charge in [-0.15, -0.1) is 0 Å². The number of nitrogens with one attached hydrogen (secondary N) is 1. The van der Waals surface area contributed by atoms with E-state index in [1.807, 2.05) is 13.8 Å². The van der Waals surface area contributed by atoms with Crippen LogP contribution in [0.3, 0.4) is 0 Å². The highest BCUT2D eigenvalue weighted by atomic mass is 32.2. The van der Waals surface area contributed by atoms with E-state index in [1.54, 1.807) is 0 Å². The van der Waals surface area contributed by atoms with E-state index in [0.717, 1.165) is 13.5 Å². The zero-order chi connectivity index (χ0) is 16.3. The summed E-state index contributed by atoms with van der Waals surface area (Å²) in [6.07, 6.45) is -2.31. The van der Waals surface area contributed by atoms with Crippen LogP contribution >= 0.6 is 0 Å². The molecule has 1 N–H and O–H groups in total. The Kier molecular flexibility index (Phi) is 6.45. The second-order valence-electron chi connectivity index (χ2n) is 5.70. The second-order valence-corrected chi connectivity index (χ2v) is 7.69. The minimum Gasteiger partial charge on any atom is -0.313 e. The smallest absolute Gasteiger partial charge is 0.313 e. The molecule has 0 aromatic rings. The van der Waals surface area contributed by atoms with Gasteiger partial charge in [-0.3, -0.25) is 0 Å². The number of alkyl halides is 3. The molecule has 0 amide bonds. The number of halogens is 3. The van der Waals surface area contributed by atoms with Crippen LogP contribution in [0.5, 0.6) is 0 Å². The van der Waals surface area contributed by atoms with Crippen molar-refractivity contribution in [1.82, 2.24) is 13.9 Å². The van der Waals surface area contributed by atoms with Crippen LogP contribution in [0.4, 0.5) is 13.2 Å². The Morgan fingerprint density at radius 3 is 2.48 bits per heavy atom. The van der Waals surface area contributed by atoms with Gasteiger partial charge >= 0.3 is 6.18 Å². The van der Waals surface area contributed by atoms with Gasteiger partial charge in [0.2, 0.25) is 0 Å². The molecule has 0 saturated carbocycles. The highest BCUT2D eigenvalue weighted by molar-refractivity contribution is 7.86. The molecular weight excluding hydrogens is 307 g/mol. The fraction of sp³-hybridized carbons (Fsp3) is 1.00. The van der Waals surface area contributed by atoms with Crippen LogP contribution in [0, 0.1) is 0 Å². The Balaban J connectivity index is 2.81. The Labute approximate surface area is 124 Å². The number of piperidine rings is 1. The van der Waals surface area contributed by atoms with E-state index in [1.165, 1.54) is 4.31 Å². The predicted octanol–water partition coefficient (Wildman–Crippen LogP) is 1.58. The molecule has 0 aromatic carbocycles. The Hall–Kier alpha value is -0.380. The molecule has 9 heteroatoms. The van der Waals surface area contributed by atoms with Crippen molar-refractivity contribution in [2.75, 3.05) is 26.7 Å². The minimum absolute atomic E-state index is 0.199. The molecule has 0 aromatic heterocycles. The maximum atomic E-state index is 12.4. The largest absolute Gasteiger partial charge is 0.402 e. The summed E-state index contributed by atoms with van der Waals surface area (Å²) in [5, 5.41) is 3.16. The van der Waals surface area contributed by atoms with Gasteiger partial charge in [0.15, 0.2) is 0 Å². The Morgan fingerprint density at radius 1 is 1.33 bits per heavy atom. The molecule has 1 atom stereocenters. The topological polar surface area (TPSA) is 52.7 Å². The summed E-state index contributed by atoms with van der Waals surface area (Å²) < 4.78 is 63.5. The summed E-state index contributed by atoms with van der Waals surface area (Å²) in [5.74, 6) is 0. The molecule has 0 spiro atoms. The van der Waals surface area contributed by atoms with Crippen LogP contribution in [-0.2, 0) is 10.2 Å². The monoisotopic (exact) mass is 331 g/mol. The van der Waals surface area contributed by atoms with E-state index in [0.29, 0.717) is 23.7 Å². The van der Waals surface area contributed by atoms with E-state index < -0.39 is 22.9 Å². The molecule has 1 aliphatic heterocycles. The van der Waals surface area contributed by atoms with Gasteiger partial charge in [-0.1, -0.05) is 20.3 Å². The summed E-state index contributed by atoms with van der Waals surface area (Å²) in [6.45, 7) is 3.15. The van der Waals surface area contributed by atoms with Crippen LogP contribution in [-0.4, -0.2) is 62.0 Å². The first-order valence-corrected chi connectivity index (χ1v) is 8.47. The van der Waals surface area contributed by atoms with E-state index in [2.05, 4.69) is 5.32 Å². The fourth-order valence-corrected chi connectivity index (χ4v) is 3.95. The number of rotatable bonds is 6. The summed E-state index contributed by atoms with van der Waals surface area (Å²) >= 11 is 0. The molecule has 1 saturated heterocycles. The zero-order valence-corrected chi connectivity index (χ0v) is 13.5. The predicted molar refractivity (Wildman–Crippen MR) is 75.1 cm³/mol. The lowest BCUT2D eigenvalue weighted by atomic mass is 10.0. The molecule has 0 bridgehead atoms. The summed E-state index contributed by atoms with van der Waals surface area (Å²) in [5.41, 5.74) is 0. The molecule has 0 radical (unpaired) electrons. The van der Waals surface area contributed by atoms with Gasteiger partial charge in [0.05, 0.1) is 0 Å². The SMILES string of the molecule is CC(C)NCC1CCCCN1S(=O)(=O)N(C)CC(F)(F)F. The highest BCUT2D eigenvalue weighted by Crippen LogP contribution is 2.24. The third-order valence-corrected chi connectivity index (χ3v) is 5.42. The molecule has 1 heterocycles. The molecule has 21 heavy (non-hydrogen) atoms. The normalized spacial score (nSPS) is 22.2. The van der Waals surface area contributed by atoms with Gasteiger partial charge in [0, 0.05) is 32.2 Å². The number of hydrogen-bond acceptors (Lipinski definition) is 3. The fourth-order valence-electron chi connectivity index (χ4n) is 2.37. The van der Waals surface area contributed by atoms with Gasteiger partial charge < -0.3 is 5.32 Å². The summed E-state index contributed by atoms with van der Waals surface area (Å²) in [6, 6.07) is -0.0915. The molecule has 1 fully saturated rings. The standard InChI is InChI=1S/C12H24F3N3O2S/c1-10(2)16-8-11-6-4-5-7-18(11)21(19,20)17(3)9-12(13,14)15/h10-11,16H,4-9H2,1-3H3. The Morgan fingerprint density at radius 2 is 1.95 bits per heavy atom. The molecule has 1 rings (SSSR count). The third-order valence-electron chi connectivity index (χ3n) is 3.43. The first-order chi connectivity index (χ1) is 9.54. The number of hydrogen-bond donors (Lipinski definition) is 1. The van der Waals surface area contributed by atoms with Crippen LogP contribution in [0.2, 0.25) is 0 Å². The van der Waals surface area contributed by atoms with Crippen molar-refractivity contribution in [3.63, 3.8) is 0 Å². The van der Waals surface area contributed by atoms with Gasteiger partial charge in [-0.25, -0.2) is 0 Å². The molecule has 126 valence electrons. The molecule has 1 unspecified atom stereocenters. The quantitative estimate of drug-likeness (QED) is 0.804. The van der Waals surface area contributed by atoms with Gasteiger partial charge in [-0.05, 0) is 12.8 Å². The van der Waals surface area contributed by atoms with E-state index in [4.69, 9.17) is 0 Å². The average molecular weight is 331 g/mol. The van der Waals surface area contributed by atoms with Gasteiger partial charge in [0.25, 0.3) is 10.2 Å². The van der Waals surface area contributed by atoms with Crippen molar-refractivity contribution in [2.45, 2.75) is 51.4 Å². The highest BCUT2D eigenvalue weighted by Gasteiger charge is 2.39. The van der Waals surface area contributed by atoms with Crippen LogP contribution in [0.15, 0.2) is 0 Å². The summed E-state index contributed by atoms with van der Waals surface area (Å²) in [4.78, 5) is 0. The lowest BCUT2D eigenvalue weighted by molar-refractivity contribution is -0.134. The van der Waals surface area contributed by atoms with Crippen molar-refractivity contribution < 1.29 is 21.6 Å². The molecule has 1 aliphatic rings. The van der Waals surface area contributed by atoms with Crippen molar-refractivity contribution in [3.05, 3.63) is 0 Å². The minimum atomic E-state index is -4.54. The number of nitrogens with zero attached hydrogens (tertiary/aromatic N) is 2. The maximum Gasteiger partial charge on any atom is 0.402 e. The van der Waals surface area contributed by atoms with Gasteiger partial charge in [-0.2, -0.15) is 30.2 Å². The van der Waals surface area contributed by atoms with Crippen molar-refractivity contribution >= 4 is 10.2 Å². The second kappa shape index (κ2) is 7.26. The molecule has 5 nitrogen and oxygen atoms in total. The van der Waals surface area contributed by atoms with E-state index >= 15 is 0 Å². The van der Waals surface area contributed by atoms with E-state index in [-0.39, 0.29) is 18.6 Å². The Bertz CT molecular complexity index is 426. The first-order valence-electron chi connectivity index (χ1n) is 7.07. The zero-order valence-electron chi connectivity index (χ0n) is 12.7. The van der Waals surface area contributed by atoms with Crippen LogP contribution in [0.25, 0.3) is 0 Å². The average Bonchev–Trinajstić information content (AvgIpc) is 2.34. The van der Waals surface area contributed by atoms with Crippen molar-refractivity contribution in [3.8, 4) is 0 Å². The van der Waals surface area contributed by atoms with Crippen molar-refractivity contribution in [2.24, 2.45) is 0 Å². The molecule has 0 aliphatic carbocycles. The maximum absolute atomic E-state index is 12.4. The summed E-state index contributed by atoms with van der Waals surface area (Å²) in [7, 11) is -3.11.